The first kappa shape index (κ1) is 26.4. The summed E-state index contributed by atoms with van der Waals surface area (Å²) in [6.07, 6.45) is 5.97. The van der Waals surface area contributed by atoms with Gasteiger partial charge < -0.3 is 14.8 Å². The van der Waals surface area contributed by atoms with Crippen LogP contribution in [-0.2, 0) is 35.3 Å². The number of methoxy groups -OCH3 is 1. The molecule has 0 aliphatic heterocycles. The van der Waals surface area contributed by atoms with Crippen molar-refractivity contribution in [1.82, 2.24) is 10.3 Å². The number of aromatic nitrogens is 1. The van der Waals surface area contributed by atoms with Crippen molar-refractivity contribution >= 4 is 23.2 Å². The molecule has 0 saturated heterocycles. The van der Waals surface area contributed by atoms with Crippen LogP contribution in [0.2, 0.25) is 0 Å². The quantitative estimate of drug-likeness (QED) is 0.389. The van der Waals surface area contributed by atoms with Crippen molar-refractivity contribution in [2.75, 3.05) is 13.7 Å². The van der Waals surface area contributed by atoms with E-state index in [2.05, 4.69) is 16.4 Å². The first-order valence-corrected chi connectivity index (χ1v) is 13.3. The minimum Gasteiger partial charge on any atom is -0.497 e. The summed E-state index contributed by atoms with van der Waals surface area (Å²) in [6, 6.07) is 13.8. The molecule has 2 aromatic heterocycles. The summed E-state index contributed by atoms with van der Waals surface area (Å²) in [6.45, 7) is 2.73. The van der Waals surface area contributed by atoms with Gasteiger partial charge in [0.2, 0.25) is 0 Å². The topological polar surface area (TPSA) is 101 Å². The largest absolute Gasteiger partial charge is 0.497 e. The number of nitrogens with zero attached hydrogens (tertiary/aromatic N) is 2. The molecule has 8 heteroatoms. The molecule has 2 atom stereocenters. The van der Waals surface area contributed by atoms with Crippen molar-refractivity contribution < 1.29 is 19.1 Å². The molecule has 2 unspecified atom stereocenters. The molecule has 1 aromatic carbocycles. The van der Waals surface area contributed by atoms with Crippen molar-refractivity contribution in [3.8, 4) is 11.8 Å². The molecule has 37 heavy (non-hydrogen) atoms. The predicted molar refractivity (Wildman–Crippen MR) is 142 cm³/mol. The molecule has 0 saturated carbocycles. The highest BCUT2D eigenvalue weighted by Gasteiger charge is 2.27. The van der Waals surface area contributed by atoms with Crippen LogP contribution in [0, 0.1) is 17.2 Å². The Morgan fingerprint density at radius 2 is 2.16 bits per heavy atom. The van der Waals surface area contributed by atoms with E-state index < -0.39 is 6.09 Å². The maximum absolute atomic E-state index is 12.9. The first-order chi connectivity index (χ1) is 18.0. The summed E-state index contributed by atoms with van der Waals surface area (Å²) < 4.78 is 10.8. The van der Waals surface area contributed by atoms with Gasteiger partial charge in [0, 0.05) is 41.5 Å². The molecule has 0 fully saturated rings. The fourth-order valence-electron chi connectivity index (χ4n) is 4.69. The highest BCUT2D eigenvalue weighted by Crippen LogP contribution is 2.37. The second-order valence-corrected chi connectivity index (χ2v) is 10.6. The number of fused-ring (bicyclic) bond motifs is 1. The lowest BCUT2D eigenvalue weighted by atomic mass is 9.87. The normalized spacial score (nSPS) is 15.2. The molecule has 3 aromatic rings. The second kappa shape index (κ2) is 12.5. The van der Waals surface area contributed by atoms with Gasteiger partial charge in [0.15, 0.2) is 0 Å². The molecule has 1 amide bonds. The lowest BCUT2D eigenvalue weighted by Gasteiger charge is -2.22. The van der Waals surface area contributed by atoms with Gasteiger partial charge in [0.25, 0.3) is 0 Å². The molecule has 1 aliphatic carbocycles. The van der Waals surface area contributed by atoms with Gasteiger partial charge in [-0.25, -0.2) is 4.79 Å². The van der Waals surface area contributed by atoms with E-state index in [1.807, 2.05) is 43.3 Å². The first-order valence-electron chi connectivity index (χ1n) is 12.5. The zero-order valence-corrected chi connectivity index (χ0v) is 22.0. The minimum atomic E-state index is -0.449. The second-order valence-electron chi connectivity index (χ2n) is 9.43. The SMILES string of the molecule is COc1cccc(C(C)CC(=O)Cc2sc3c(c2C#N)CCC(COC(=O)NCc2cccnc2)C3)c1. The van der Waals surface area contributed by atoms with E-state index in [-0.39, 0.29) is 24.0 Å². The van der Waals surface area contributed by atoms with Crippen molar-refractivity contribution in [2.45, 2.75) is 51.5 Å². The van der Waals surface area contributed by atoms with Gasteiger partial charge in [0.1, 0.15) is 17.6 Å². The summed E-state index contributed by atoms with van der Waals surface area (Å²) >= 11 is 1.56. The molecule has 0 bridgehead atoms. The average molecular weight is 518 g/mol. The number of hydrogen-bond acceptors (Lipinski definition) is 7. The number of carbonyl (C=O) groups is 2. The summed E-state index contributed by atoms with van der Waals surface area (Å²) in [5.74, 6) is 1.15. The molecule has 0 radical (unpaired) electrons. The van der Waals surface area contributed by atoms with Gasteiger partial charge in [-0.05, 0) is 66.0 Å². The third kappa shape index (κ3) is 6.95. The third-order valence-corrected chi connectivity index (χ3v) is 7.97. The number of ketones is 1. The van der Waals surface area contributed by atoms with E-state index in [1.54, 1.807) is 30.8 Å². The number of pyridine rings is 1. The van der Waals surface area contributed by atoms with E-state index >= 15 is 0 Å². The van der Waals surface area contributed by atoms with Crippen LogP contribution < -0.4 is 10.1 Å². The average Bonchev–Trinajstić information content (AvgIpc) is 3.27. The number of nitrogens with one attached hydrogen (secondary N) is 1. The van der Waals surface area contributed by atoms with Crippen LogP contribution in [0.15, 0.2) is 48.8 Å². The Balaban J connectivity index is 1.31. The molecule has 4 rings (SSSR count). The molecule has 2 heterocycles. The van der Waals surface area contributed by atoms with Crippen LogP contribution >= 0.6 is 11.3 Å². The van der Waals surface area contributed by atoms with Crippen LogP contribution in [0.5, 0.6) is 5.75 Å². The van der Waals surface area contributed by atoms with E-state index in [0.29, 0.717) is 25.1 Å². The zero-order valence-electron chi connectivity index (χ0n) is 21.2. The van der Waals surface area contributed by atoms with Crippen LogP contribution in [0.3, 0.4) is 0 Å². The molecule has 192 valence electrons. The lowest BCUT2D eigenvalue weighted by molar-refractivity contribution is -0.118. The fourth-order valence-corrected chi connectivity index (χ4v) is 6.14. The molecule has 7 nitrogen and oxygen atoms in total. The van der Waals surface area contributed by atoms with E-state index in [4.69, 9.17) is 9.47 Å². The Labute approximate surface area is 221 Å². The van der Waals surface area contributed by atoms with Crippen molar-refractivity contribution in [1.29, 1.82) is 5.26 Å². The number of hydrogen-bond donors (Lipinski definition) is 1. The fraction of sp³-hybridized carbons (Fsp3) is 0.379. The van der Waals surface area contributed by atoms with Gasteiger partial charge in [-0.3, -0.25) is 9.78 Å². The van der Waals surface area contributed by atoms with Crippen LogP contribution in [0.1, 0.15) is 57.7 Å². The van der Waals surface area contributed by atoms with Crippen LogP contribution in [0.25, 0.3) is 0 Å². The van der Waals surface area contributed by atoms with Gasteiger partial charge >= 0.3 is 6.09 Å². The maximum Gasteiger partial charge on any atom is 0.407 e. The summed E-state index contributed by atoms with van der Waals surface area (Å²) in [4.78, 5) is 31.1. The van der Waals surface area contributed by atoms with Gasteiger partial charge in [-0.15, -0.1) is 11.3 Å². The number of carbonyl (C=O) groups excluding carboxylic acids is 2. The summed E-state index contributed by atoms with van der Waals surface area (Å²) in [5.41, 5.74) is 3.69. The molecule has 1 N–H and O–H groups in total. The number of thiophene rings is 1. The molecular weight excluding hydrogens is 486 g/mol. The van der Waals surface area contributed by atoms with Gasteiger partial charge in [-0.2, -0.15) is 5.26 Å². The summed E-state index contributed by atoms with van der Waals surface area (Å²) in [7, 11) is 1.63. The smallest absolute Gasteiger partial charge is 0.407 e. The summed E-state index contributed by atoms with van der Waals surface area (Å²) in [5, 5.41) is 12.6. The number of alkyl carbamates (subject to hydrolysis) is 1. The minimum absolute atomic E-state index is 0.0635. The highest BCUT2D eigenvalue weighted by atomic mass is 32.1. The predicted octanol–water partition coefficient (Wildman–Crippen LogP) is 5.36. The monoisotopic (exact) mass is 517 g/mol. The van der Waals surface area contributed by atoms with E-state index in [1.165, 1.54) is 0 Å². The number of ether oxygens (including phenoxy) is 2. The highest BCUT2D eigenvalue weighted by molar-refractivity contribution is 7.12. The molecule has 0 spiro atoms. The molecular formula is C29H31N3O4S. The number of amides is 1. The number of rotatable bonds is 10. The number of benzene rings is 1. The third-order valence-electron chi connectivity index (χ3n) is 6.72. The lowest BCUT2D eigenvalue weighted by Crippen LogP contribution is -2.27. The Morgan fingerprint density at radius 1 is 1.30 bits per heavy atom. The van der Waals surface area contributed by atoms with E-state index in [0.717, 1.165) is 51.5 Å². The van der Waals surface area contributed by atoms with Gasteiger partial charge in [-0.1, -0.05) is 25.1 Å². The van der Waals surface area contributed by atoms with E-state index in [9.17, 15) is 14.9 Å². The zero-order chi connectivity index (χ0) is 26.2. The Hall–Kier alpha value is -3.70. The maximum atomic E-state index is 12.9. The molecule has 1 aliphatic rings. The Bertz CT molecular complexity index is 1280. The Kier molecular flexibility index (Phi) is 8.91. The van der Waals surface area contributed by atoms with Crippen molar-refractivity contribution in [2.24, 2.45) is 5.92 Å². The Morgan fingerprint density at radius 3 is 2.92 bits per heavy atom. The van der Waals surface area contributed by atoms with Crippen LogP contribution in [-0.4, -0.2) is 30.6 Å². The number of nitriles is 1. The van der Waals surface area contributed by atoms with Crippen LogP contribution in [0.4, 0.5) is 4.79 Å². The standard InChI is InChI=1S/C29H31N3O4S/c1-19(22-6-3-7-24(13-22)35-2)11-23(33)14-28-26(15-30)25-9-8-20(12-27(25)37-28)18-36-29(34)32-17-21-5-4-10-31-16-21/h3-7,10,13,16,19-20H,8-9,11-12,14,17-18H2,1-2H3,(H,32,34). The van der Waals surface area contributed by atoms with Gasteiger partial charge in [0.05, 0.1) is 19.3 Å². The van der Waals surface area contributed by atoms with Crippen molar-refractivity contribution in [3.63, 3.8) is 0 Å². The van der Waals surface area contributed by atoms with Crippen molar-refractivity contribution in [3.05, 3.63) is 80.8 Å². The number of Topliss-reactive ketones (excluding diaryl/α,β-unsaturated/α-hetero) is 1.